The number of nitrogens with zero attached hydrogens (tertiary/aromatic N) is 2. The second kappa shape index (κ2) is 13.1. The standard InChI is InChI=1S/C28H37N3O8S2/c1-18(2)38-26(33)21(16-19-12-14-20(15-13-19)39-27(34)30(5)6)31(25(32)24-29-28(3,4)17-40-24)41(35,36)23-11-9-8-10-22(23)37-7/h8-15,18,21,24,29H,16-17H2,1-7H3/t21-,24-/m0/s1. The predicted molar refractivity (Wildman–Crippen MR) is 155 cm³/mol. The number of amides is 2. The first-order chi connectivity index (χ1) is 19.2. The highest BCUT2D eigenvalue weighted by molar-refractivity contribution is 8.01. The SMILES string of the molecule is COc1ccccc1S(=O)(=O)N(C(=O)[C@H]1NC(C)(C)CS1)[C@@H](Cc1ccc(OC(=O)N(C)C)cc1)C(=O)OC(C)C. The van der Waals surface area contributed by atoms with E-state index < -0.39 is 51.1 Å². The van der Waals surface area contributed by atoms with Gasteiger partial charge in [-0.1, -0.05) is 24.3 Å². The van der Waals surface area contributed by atoms with Crippen molar-refractivity contribution in [3.8, 4) is 11.5 Å². The fraction of sp³-hybridized carbons (Fsp3) is 0.464. The normalized spacial score (nSPS) is 17.0. The smallest absolute Gasteiger partial charge is 0.414 e. The van der Waals surface area contributed by atoms with Crippen LogP contribution in [-0.4, -0.2) is 85.6 Å². The lowest BCUT2D eigenvalue weighted by Gasteiger charge is -2.32. The van der Waals surface area contributed by atoms with Gasteiger partial charge in [0.25, 0.3) is 15.9 Å². The monoisotopic (exact) mass is 607 g/mol. The number of sulfonamides is 1. The first-order valence-electron chi connectivity index (χ1n) is 13.0. The van der Waals surface area contributed by atoms with Crippen molar-refractivity contribution in [1.82, 2.24) is 14.5 Å². The Hall–Kier alpha value is -3.29. The lowest BCUT2D eigenvalue weighted by molar-refractivity contribution is -0.155. The van der Waals surface area contributed by atoms with Gasteiger partial charge < -0.3 is 19.1 Å². The molecule has 11 nitrogen and oxygen atoms in total. The molecular formula is C28H37N3O8S2. The van der Waals surface area contributed by atoms with Crippen LogP contribution in [0.15, 0.2) is 53.4 Å². The van der Waals surface area contributed by atoms with Crippen molar-refractivity contribution in [3.05, 3.63) is 54.1 Å². The van der Waals surface area contributed by atoms with Crippen molar-refractivity contribution in [2.45, 2.75) is 62.1 Å². The number of nitrogens with one attached hydrogen (secondary N) is 1. The Balaban J connectivity index is 2.10. The summed E-state index contributed by atoms with van der Waals surface area (Å²) in [6.07, 6.45) is -1.32. The van der Waals surface area contributed by atoms with Gasteiger partial charge in [0.2, 0.25) is 0 Å². The van der Waals surface area contributed by atoms with Crippen LogP contribution < -0.4 is 14.8 Å². The van der Waals surface area contributed by atoms with Crippen LogP contribution in [0.2, 0.25) is 0 Å². The Morgan fingerprint density at radius 1 is 1.07 bits per heavy atom. The Morgan fingerprint density at radius 2 is 1.71 bits per heavy atom. The van der Waals surface area contributed by atoms with Crippen LogP contribution in [0.5, 0.6) is 11.5 Å². The third-order valence-electron chi connectivity index (χ3n) is 6.01. The van der Waals surface area contributed by atoms with E-state index in [1.165, 1.54) is 54.1 Å². The maximum atomic E-state index is 14.3. The Bertz CT molecular complexity index is 1360. The lowest BCUT2D eigenvalue weighted by atomic mass is 10.1. The van der Waals surface area contributed by atoms with E-state index in [4.69, 9.17) is 14.2 Å². The van der Waals surface area contributed by atoms with Gasteiger partial charge in [-0.2, -0.15) is 0 Å². The van der Waals surface area contributed by atoms with Gasteiger partial charge in [0.15, 0.2) is 0 Å². The fourth-order valence-electron chi connectivity index (χ4n) is 4.04. The number of benzene rings is 2. The molecule has 0 bridgehead atoms. The summed E-state index contributed by atoms with van der Waals surface area (Å²) in [6, 6.07) is 10.6. The quantitative estimate of drug-likeness (QED) is 0.402. The molecule has 1 saturated heterocycles. The molecule has 1 heterocycles. The number of hydrogen-bond donors (Lipinski definition) is 1. The highest BCUT2D eigenvalue weighted by Crippen LogP contribution is 2.33. The van der Waals surface area contributed by atoms with Crippen LogP contribution in [0.25, 0.3) is 0 Å². The predicted octanol–water partition coefficient (Wildman–Crippen LogP) is 3.28. The highest BCUT2D eigenvalue weighted by Gasteiger charge is 2.47. The maximum absolute atomic E-state index is 14.3. The molecule has 0 aromatic heterocycles. The van der Waals surface area contributed by atoms with Gasteiger partial charge in [0.1, 0.15) is 27.8 Å². The van der Waals surface area contributed by atoms with E-state index in [-0.39, 0.29) is 22.8 Å². The van der Waals surface area contributed by atoms with Gasteiger partial charge in [0, 0.05) is 31.8 Å². The number of hydrogen-bond acceptors (Lipinski definition) is 10. The van der Waals surface area contributed by atoms with Crippen molar-refractivity contribution < 1.29 is 37.0 Å². The number of ether oxygens (including phenoxy) is 3. The van der Waals surface area contributed by atoms with E-state index >= 15 is 0 Å². The van der Waals surface area contributed by atoms with Crippen LogP contribution in [0.4, 0.5) is 4.79 Å². The van der Waals surface area contributed by atoms with Crippen molar-refractivity contribution in [1.29, 1.82) is 0 Å². The van der Waals surface area contributed by atoms with E-state index in [0.717, 1.165) is 0 Å². The van der Waals surface area contributed by atoms with Gasteiger partial charge in [-0.05, 0) is 57.5 Å². The zero-order valence-corrected chi connectivity index (χ0v) is 25.9. The zero-order valence-electron chi connectivity index (χ0n) is 24.2. The number of carbonyl (C=O) groups is 3. The summed E-state index contributed by atoms with van der Waals surface area (Å²) < 4.78 is 45.2. The largest absolute Gasteiger partial charge is 0.495 e. The third kappa shape index (κ3) is 7.92. The number of carbonyl (C=O) groups excluding carboxylic acids is 3. The molecule has 224 valence electrons. The summed E-state index contributed by atoms with van der Waals surface area (Å²) in [6.45, 7) is 7.09. The van der Waals surface area contributed by atoms with Crippen molar-refractivity contribution >= 4 is 39.8 Å². The van der Waals surface area contributed by atoms with Gasteiger partial charge >= 0.3 is 12.1 Å². The van der Waals surface area contributed by atoms with Crippen LogP contribution >= 0.6 is 11.8 Å². The Kier molecular flexibility index (Phi) is 10.3. The molecule has 0 aliphatic carbocycles. The summed E-state index contributed by atoms with van der Waals surface area (Å²) in [7, 11) is -0.197. The Morgan fingerprint density at radius 3 is 2.24 bits per heavy atom. The van der Waals surface area contributed by atoms with Crippen LogP contribution in [0.3, 0.4) is 0 Å². The minimum atomic E-state index is -4.62. The molecule has 0 radical (unpaired) electrons. The van der Waals surface area contributed by atoms with E-state index in [9.17, 15) is 22.8 Å². The van der Waals surface area contributed by atoms with Crippen LogP contribution in [0.1, 0.15) is 33.3 Å². The molecule has 2 aromatic carbocycles. The first-order valence-corrected chi connectivity index (χ1v) is 15.4. The summed E-state index contributed by atoms with van der Waals surface area (Å²) in [4.78, 5) is 40.5. The van der Waals surface area contributed by atoms with E-state index in [1.54, 1.807) is 46.1 Å². The Labute approximate surface area is 245 Å². The molecule has 0 saturated carbocycles. The van der Waals surface area contributed by atoms with E-state index in [1.807, 2.05) is 13.8 Å². The molecular weight excluding hydrogens is 570 g/mol. The first kappa shape index (κ1) is 32.2. The molecule has 0 unspecified atom stereocenters. The lowest BCUT2D eigenvalue weighted by Crippen LogP contribution is -2.56. The maximum Gasteiger partial charge on any atom is 0.414 e. The number of methoxy groups -OCH3 is 1. The summed E-state index contributed by atoms with van der Waals surface area (Å²) in [5.74, 6) is -0.830. The van der Waals surface area contributed by atoms with Crippen LogP contribution in [0, 0.1) is 0 Å². The average Bonchev–Trinajstić information content (AvgIpc) is 3.28. The molecule has 2 atom stereocenters. The number of esters is 1. The van der Waals surface area contributed by atoms with Gasteiger partial charge in [0.05, 0.1) is 13.2 Å². The molecule has 41 heavy (non-hydrogen) atoms. The van der Waals surface area contributed by atoms with Crippen LogP contribution in [-0.2, 0) is 30.8 Å². The second-order valence-electron chi connectivity index (χ2n) is 10.6. The topological polar surface area (TPSA) is 132 Å². The minimum Gasteiger partial charge on any atom is -0.495 e. The van der Waals surface area contributed by atoms with Gasteiger partial charge in [-0.25, -0.2) is 22.3 Å². The molecule has 3 rings (SSSR count). The summed E-state index contributed by atoms with van der Waals surface area (Å²) in [5.41, 5.74) is 0.0827. The fourth-order valence-corrected chi connectivity index (χ4v) is 7.14. The average molecular weight is 608 g/mol. The van der Waals surface area contributed by atoms with Crippen molar-refractivity contribution in [3.63, 3.8) is 0 Å². The number of rotatable bonds is 10. The highest BCUT2D eigenvalue weighted by atomic mass is 32.2. The molecule has 1 aliphatic rings. The molecule has 2 aromatic rings. The summed E-state index contributed by atoms with van der Waals surface area (Å²) >= 11 is 1.26. The zero-order chi connectivity index (χ0) is 30.5. The van der Waals surface area contributed by atoms with Crippen molar-refractivity contribution in [2.24, 2.45) is 0 Å². The second-order valence-corrected chi connectivity index (χ2v) is 13.5. The molecule has 1 N–H and O–H groups in total. The van der Waals surface area contributed by atoms with Gasteiger partial charge in [-0.3, -0.25) is 10.1 Å². The van der Waals surface area contributed by atoms with E-state index in [2.05, 4.69) is 5.32 Å². The number of para-hydroxylation sites is 1. The molecule has 1 aliphatic heterocycles. The molecule has 13 heteroatoms. The summed E-state index contributed by atoms with van der Waals surface area (Å²) in [5, 5.41) is 2.25. The molecule has 0 spiro atoms. The molecule has 2 amide bonds. The van der Waals surface area contributed by atoms with Gasteiger partial charge in [-0.15, -0.1) is 11.8 Å². The molecule has 1 fully saturated rings. The minimum absolute atomic E-state index is 0.0284. The van der Waals surface area contributed by atoms with Crippen molar-refractivity contribution in [2.75, 3.05) is 27.0 Å². The third-order valence-corrected chi connectivity index (χ3v) is 9.40. The number of thioether (sulfide) groups is 1. The van der Waals surface area contributed by atoms with E-state index in [0.29, 0.717) is 15.6 Å².